The normalized spacial score (nSPS) is 16.8. The molecule has 0 saturated heterocycles. The minimum atomic E-state index is -0.818. The molecule has 1 aromatic heterocycles. The molecule has 110 valence electrons. The van der Waals surface area contributed by atoms with Crippen molar-refractivity contribution in [3.63, 3.8) is 0 Å². The van der Waals surface area contributed by atoms with Crippen LogP contribution < -0.4 is 5.32 Å². The standard InChI is InChI=1S/C14H12Cl2N2O2S/c1-6-4-9(16)10(5-8(6)15)17-14-18-12-7(13(19)20)2-3-11(12)21-14/h4-5,7H,2-3H2,1H3,(H,17,18)(H,19,20). The highest BCUT2D eigenvalue weighted by molar-refractivity contribution is 7.15. The molecule has 0 aliphatic heterocycles. The predicted molar refractivity (Wildman–Crippen MR) is 85.3 cm³/mol. The van der Waals surface area contributed by atoms with Crippen molar-refractivity contribution in [2.24, 2.45) is 0 Å². The fourth-order valence-corrected chi connectivity index (χ4v) is 3.86. The van der Waals surface area contributed by atoms with E-state index >= 15 is 0 Å². The molecule has 1 heterocycles. The van der Waals surface area contributed by atoms with E-state index in [0.29, 0.717) is 33.0 Å². The summed E-state index contributed by atoms with van der Waals surface area (Å²) < 4.78 is 0. The van der Waals surface area contributed by atoms with Gasteiger partial charge in [-0.15, -0.1) is 11.3 Å². The summed E-state index contributed by atoms with van der Waals surface area (Å²) in [4.78, 5) is 16.6. The highest BCUT2D eigenvalue weighted by atomic mass is 35.5. The molecule has 0 amide bonds. The average Bonchev–Trinajstić information content (AvgIpc) is 2.95. The molecule has 4 nitrogen and oxygen atoms in total. The largest absolute Gasteiger partial charge is 0.481 e. The van der Waals surface area contributed by atoms with Crippen molar-refractivity contribution >= 4 is 51.3 Å². The van der Waals surface area contributed by atoms with Gasteiger partial charge in [-0.05, 0) is 37.5 Å². The zero-order chi connectivity index (χ0) is 15.1. The second kappa shape index (κ2) is 5.48. The van der Waals surface area contributed by atoms with Crippen molar-refractivity contribution in [1.82, 2.24) is 4.98 Å². The summed E-state index contributed by atoms with van der Waals surface area (Å²) in [5.74, 6) is -1.31. The molecule has 0 bridgehead atoms. The SMILES string of the molecule is Cc1cc(Cl)c(Nc2nc3c(s2)CCC3C(=O)O)cc1Cl. The van der Waals surface area contributed by atoms with Crippen molar-refractivity contribution in [1.29, 1.82) is 0 Å². The Labute approximate surface area is 135 Å². The minimum absolute atomic E-state index is 0.496. The summed E-state index contributed by atoms with van der Waals surface area (Å²) in [5, 5.41) is 14.1. The third-order valence-electron chi connectivity index (χ3n) is 3.51. The molecule has 3 rings (SSSR count). The Morgan fingerprint density at radius 1 is 1.43 bits per heavy atom. The van der Waals surface area contributed by atoms with Crippen LogP contribution in [0.5, 0.6) is 0 Å². The average molecular weight is 343 g/mol. The summed E-state index contributed by atoms with van der Waals surface area (Å²) in [6.07, 6.45) is 1.38. The molecule has 1 unspecified atom stereocenters. The lowest BCUT2D eigenvalue weighted by molar-refractivity contribution is -0.138. The number of hydrogen-bond donors (Lipinski definition) is 2. The zero-order valence-electron chi connectivity index (χ0n) is 11.1. The number of fused-ring (bicyclic) bond motifs is 1. The number of nitrogens with zero attached hydrogens (tertiary/aromatic N) is 1. The first-order chi connectivity index (χ1) is 9.95. The monoisotopic (exact) mass is 342 g/mol. The van der Waals surface area contributed by atoms with E-state index in [1.54, 1.807) is 12.1 Å². The molecule has 7 heteroatoms. The van der Waals surface area contributed by atoms with Crippen molar-refractivity contribution in [2.75, 3.05) is 5.32 Å². The Morgan fingerprint density at radius 2 is 2.19 bits per heavy atom. The molecule has 2 aromatic rings. The summed E-state index contributed by atoms with van der Waals surface area (Å²) >= 11 is 13.8. The van der Waals surface area contributed by atoms with Gasteiger partial charge in [-0.25, -0.2) is 4.98 Å². The number of aromatic nitrogens is 1. The number of rotatable bonds is 3. The van der Waals surface area contributed by atoms with Gasteiger partial charge in [0.05, 0.1) is 16.4 Å². The van der Waals surface area contributed by atoms with Crippen LogP contribution in [-0.4, -0.2) is 16.1 Å². The lowest BCUT2D eigenvalue weighted by atomic mass is 10.1. The van der Waals surface area contributed by atoms with E-state index in [1.165, 1.54) is 11.3 Å². The quantitative estimate of drug-likeness (QED) is 0.854. The first-order valence-corrected chi connectivity index (χ1v) is 7.98. The molecule has 21 heavy (non-hydrogen) atoms. The van der Waals surface area contributed by atoms with Gasteiger partial charge in [0.2, 0.25) is 0 Å². The van der Waals surface area contributed by atoms with Gasteiger partial charge in [-0.1, -0.05) is 23.2 Å². The topological polar surface area (TPSA) is 62.2 Å². The number of thiazole rings is 1. The van der Waals surface area contributed by atoms with Gasteiger partial charge in [-0.2, -0.15) is 0 Å². The molecule has 1 aromatic carbocycles. The van der Waals surface area contributed by atoms with Crippen LogP contribution in [0, 0.1) is 6.92 Å². The maximum atomic E-state index is 11.2. The van der Waals surface area contributed by atoms with Crippen LogP contribution >= 0.6 is 34.5 Å². The number of aryl methyl sites for hydroxylation is 2. The molecular weight excluding hydrogens is 331 g/mol. The zero-order valence-corrected chi connectivity index (χ0v) is 13.4. The fourth-order valence-electron chi connectivity index (χ4n) is 2.38. The maximum Gasteiger partial charge on any atom is 0.312 e. The Balaban J connectivity index is 1.89. The molecule has 0 fully saturated rings. The Morgan fingerprint density at radius 3 is 2.90 bits per heavy atom. The van der Waals surface area contributed by atoms with Gasteiger partial charge in [-0.3, -0.25) is 4.79 Å². The van der Waals surface area contributed by atoms with Crippen LogP contribution in [0.4, 0.5) is 10.8 Å². The van der Waals surface area contributed by atoms with Crippen molar-refractivity contribution in [2.45, 2.75) is 25.7 Å². The lowest BCUT2D eigenvalue weighted by Gasteiger charge is -2.08. The Bertz CT molecular complexity index is 730. The van der Waals surface area contributed by atoms with Crippen LogP contribution in [-0.2, 0) is 11.2 Å². The highest BCUT2D eigenvalue weighted by Crippen LogP contribution is 2.40. The van der Waals surface area contributed by atoms with Crippen LogP contribution in [0.3, 0.4) is 0 Å². The summed E-state index contributed by atoms with van der Waals surface area (Å²) in [6.45, 7) is 1.88. The predicted octanol–water partition coefficient (Wildman–Crippen LogP) is 4.62. The number of carbonyl (C=O) groups is 1. The fraction of sp³-hybridized carbons (Fsp3) is 0.286. The van der Waals surface area contributed by atoms with Gasteiger partial charge in [0, 0.05) is 9.90 Å². The number of aliphatic carboxylic acids is 1. The second-order valence-electron chi connectivity index (χ2n) is 4.96. The first kappa shape index (κ1) is 14.6. The lowest BCUT2D eigenvalue weighted by Crippen LogP contribution is -2.08. The highest BCUT2D eigenvalue weighted by Gasteiger charge is 2.32. The molecular formula is C14H12Cl2N2O2S. The maximum absolute atomic E-state index is 11.2. The molecule has 0 saturated carbocycles. The summed E-state index contributed by atoms with van der Waals surface area (Å²) in [7, 11) is 0. The van der Waals surface area contributed by atoms with Gasteiger partial charge < -0.3 is 10.4 Å². The summed E-state index contributed by atoms with van der Waals surface area (Å²) in [5.41, 5.74) is 2.25. The second-order valence-corrected chi connectivity index (χ2v) is 6.86. The van der Waals surface area contributed by atoms with Crippen molar-refractivity contribution < 1.29 is 9.90 Å². The molecule has 1 aliphatic carbocycles. The first-order valence-electron chi connectivity index (χ1n) is 6.41. The Kier molecular flexibility index (Phi) is 3.82. The number of carboxylic acids is 1. The third-order valence-corrected chi connectivity index (χ3v) is 5.27. The number of anilines is 2. The van der Waals surface area contributed by atoms with E-state index in [-0.39, 0.29) is 0 Å². The molecule has 0 radical (unpaired) electrons. The number of benzene rings is 1. The van der Waals surface area contributed by atoms with Gasteiger partial charge in [0.1, 0.15) is 5.92 Å². The van der Waals surface area contributed by atoms with Gasteiger partial charge >= 0.3 is 5.97 Å². The van der Waals surface area contributed by atoms with E-state index in [2.05, 4.69) is 10.3 Å². The van der Waals surface area contributed by atoms with E-state index in [0.717, 1.165) is 16.9 Å². The summed E-state index contributed by atoms with van der Waals surface area (Å²) in [6, 6.07) is 3.54. The van der Waals surface area contributed by atoms with E-state index in [9.17, 15) is 9.90 Å². The number of halogens is 2. The molecule has 2 N–H and O–H groups in total. The smallest absolute Gasteiger partial charge is 0.312 e. The van der Waals surface area contributed by atoms with E-state index in [1.807, 2.05) is 6.92 Å². The van der Waals surface area contributed by atoms with Crippen LogP contribution in [0.1, 0.15) is 28.5 Å². The molecule has 1 aliphatic rings. The molecule has 0 spiro atoms. The number of nitrogens with one attached hydrogen (secondary N) is 1. The minimum Gasteiger partial charge on any atom is -0.481 e. The van der Waals surface area contributed by atoms with E-state index in [4.69, 9.17) is 23.2 Å². The molecule has 1 atom stereocenters. The van der Waals surface area contributed by atoms with Crippen LogP contribution in [0.15, 0.2) is 12.1 Å². The third kappa shape index (κ3) is 2.73. The van der Waals surface area contributed by atoms with Crippen molar-refractivity contribution in [3.05, 3.63) is 38.3 Å². The van der Waals surface area contributed by atoms with Gasteiger partial charge in [0.25, 0.3) is 0 Å². The van der Waals surface area contributed by atoms with Crippen LogP contribution in [0.25, 0.3) is 0 Å². The Hall–Kier alpha value is -1.30. The van der Waals surface area contributed by atoms with Crippen LogP contribution in [0.2, 0.25) is 10.0 Å². The van der Waals surface area contributed by atoms with Gasteiger partial charge in [0.15, 0.2) is 5.13 Å². The number of carboxylic acid groups (broad SMARTS) is 1. The van der Waals surface area contributed by atoms with E-state index < -0.39 is 11.9 Å². The van der Waals surface area contributed by atoms with Crippen molar-refractivity contribution in [3.8, 4) is 0 Å². The number of hydrogen-bond acceptors (Lipinski definition) is 4.